The summed E-state index contributed by atoms with van der Waals surface area (Å²) >= 11 is 12.0. The van der Waals surface area contributed by atoms with Crippen LogP contribution in [0.15, 0.2) is 48.5 Å². The Balaban J connectivity index is 0.000000224. The number of halogens is 2. The van der Waals surface area contributed by atoms with Gasteiger partial charge in [0.15, 0.2) is 0 Å². The molecule has 2 atom stereocenters. The van der Waals surface area contributed by atoms with Crippen molar-refractivity contribution in [2.75, 3.05) is 65.4 Å². The van der Waals surface area contributed by atoms with Crippen molar-refractivity contribution < 1.29 is 19.1 Å². The number of benzene rings is 2. The van der Waals surface area contributed by atoms with Gasteiger partial charge >= 0.3 is 12.2 Å². The van der Waals surface area contributed by atoms with Crippen molar-refractivity contribution in [1.82, 2.24) is 29.4 Å². The fourth-order valence-electron chi connectivity index (χ4n) is 9.06. The summed E-state index contributed by atoms with van der Waals surface area (Å²) in [5, 5.41) is 11.7. The summed E-state index contributed by atoms with van der Waals surface area (Å²) in [6.07, 6.45) is 3.47. The van der Waals surface area contributed by atoms with Gasteiger partial charge in [-0.15, -0.1) is 0 Å². The monoisotopic (exact) mass is 853 g/mol. The molecule has 13 heteroatoms. The van der Waals surface area contributed by atoms with Crippen LogP contribution < -0.4 is 0 Å². The Morgan fingerprint density at radius 3 is 1.37 bits per heavy atom. The van der Waals surface area contributed by atoms with Gasteiger partial charge in [0.05, 0.1) is 6.07 Å². The van der Waals surface area contributed by atoms with Gasteiger partial charge in [-0.3, -0.25) is 19.6 Å². The van der Waals surface area contributed by atoms with Crippen LogP contribution in [0.25, 0.3) is 0 Å². The fraction of sp³-hybridized carbons (Fsp3) is 0.674. The third-order valence-electron chi connectivity index (χ3n) is 12.3. The van der Waals surface area contributed by atoms with Gasteiger partial charge < -0.3 is 19.3 Å². The summed E-state index contributed by atoms with van der Waals surface area (Å²) in [5.41, 5.74) is 1.34. The van der Waals surface area contributed by atoms with E-state index in [0.717, 1.165) is 94.6 Å². The number of nitriles is 1. The maximum absolute atomic E-state index is 12.4. The number of carbonyl (C=O) groups excluding carboxylic acids is 2. The van der Waals surface area contributed by atoms with E-state index in [1.165, 1.54) is 11.1 Å². The third-order valence-corrected chi connectivity index (χ3v) is 12.8. The number of rotatable bonds is 6. The summed E-state index contributed by atoms with van der Waals surface area (Å²) in [6.45, 7) is 28.2. The molecule has 4 aliphatic rings. The smallest absolute Gasteiger partial charge is 0.410 e. The van der Waals surface area contributed by atoms with Gasteiger partial charge in [-0.2, -0.15) is 5.26 Å². The molecule has 0 aromatic heterocycles. The molecule has 4 saturated heterocycles. The van der Waals surface area contributed by atoms with Crippen LogP contribution in [-0.4, -0.2) is 141 Å². The van der Waals surface area contributed by atoms with Crippen LogP contribution in [0.1, 0.15) is 99.1 Å². The van der Waals surface area contributed by atoms with Crippen LogP contribution in [0.3, 0.4) is 0 Å². The maximum atomic E-state index is 12.4. The first kappa shape index (κ1) is 46.9. The number of nitrogens with zero attached hydrogens (tertiary/aromatic N) is 7. The minimum absolute atomic E-state index is 0.119. The number of carbonyl (C=O) groups is 2. The second kappa shape index (κ2) is 19.7. The van der Waals surface area contributed by atoms with Crippen LogP contribution in [-0.2, 0) is 22.6 Å². The van der Waals surface area contributed by atoms with Crippen molar-refractivity contribution in [3.63, 3.8) is 0 Å². The van der Waals surface area contributed by atoms with Crippen LogP contribution in [0.2, 0.25) is 10.0 Å². The lowest BCUT2D eigenvalue weighted by Gasteiger charge is -2.52. The highest BCUT2D eigenvalue weighted by molar-refractivity contribution is 6.30. The second-order valence-electron chi connectivity index (χ2n) is 19.4. The third kappa shape index (κ3) is 13.2. The topological polar surface area (TPSA) is 95.8 Å². The molecule has 0 aliphatic carbocycles. The Kier molecular flexibility index (Phi) is 15.7. The zero-order chi connectivity index (χ0) is 43.2. The van der Waals surface area contributed by atoms with Crippen LogP contribution in [0.4, 0.5) is 9.59 Å². The number of ether oxygens (including phenoxy) is 2. The SMILES string of the molecule is C[C@H]1CN(C(=O)OC(C)(C)C)CCN1C1(C#N)CCN(Cc2ccc(Cl)cc2)CC1.C[C@H]1CN(C(=O)OC(C)(C)C)CCN1C1(C)CCN(Cc2ccc(Cl)cc2)CC1. The van der Waals surface area contributed by atoms with Crippen LogP contribution in [0, 0.1) is 11.3 Å². The highest BCUT2D eigenvalue weighted by atomic mass is 35.5. The number of hydrogen-bond acceptors (Lipinski definition) is 9. The number of amides is 2. The average molecular weight is 855 g/mol. The van der Waals surface area contributed by atoms with E-state index in [-0.39, 0.29) is 23.8 Å². The van der Waals surface area contributed by atoms with E-state index in [0.29, 0.717) is 25.7 Å². The minimum Gasteiger partial charge on any atom is -0.444 e. The zero-order valence-electron chi connectivity index (χ0n) is 37.1. The van der Waals surface area contributed by atoms with E-state index in [1.54, 1.807) is 4.90 Å². The first-order valence-electron chi connectivity index (χ1n) is 21.5. The molecule has 0 radical (unpaired) electrons. The van der Waals surface area contributed by atoms with E-state index >= 15 is 0 Å². The molecular weight excluding hydrogens is 785 g/mol. The molecule has 4 heterocycles. The van der Waals surface area contributed by atoms with E-state index in [1.807, 2.05) is 70.7 Å². The van der Waals surface area contributed by atoms with Crippen molar-refractivity contribution in [1.29, 1.82) is 5.26 Å². The van der Waals surface area contributed by atoms with Gasteiger partial charge in [-0.1, -0.05) is 47.5 Å². The van der Waals surface area contributed by atoms with Gasteiger partial charge in [-0.25, -0.2) is 9.59 Å². The molecule has 0 saturated carbocycles. The van der Waals surface area contributed by atoms with Crippen molar-refractivity contribution >= 4 is 35.4 Å². The molecule has 2 amide bonds. The maximum Gasteiger partial charge on any atom is 0.410 e. The lowest BCUT2D eigenvalue weighted by molar-refractivity contribution is -0.0413. The van der Waals surface area contributed by atoms with Gasteiger partial charge in [0.1, 0.15) is 16.7 Å². The lowest BCUT2D eigenvalue weighted by atomic mass is 9.85. The second-order valence-corrected chi connectivity index (χ2v) is 20.3. The molecule has 2 aromatic carbocycles. The molecule has 0 spiro atoms. The normalized spacial score (nSPS) is 23.4. The Hall–Kier alpha value is -3.11. The first-order chi connectivity index (χ1) is 27.7. The zero-order valence-corrected chi connectivity index (χ0v) is 38.6. The Morgan fingerprint density at radius 2 is 1.02 bits per heavy atom. The molecule has 6 rings (SSSR count). The molecule has 2 aromatic rings. The summed E-state index contributed by atoms with van der Waals surface area (Å²) in [5.74, 6) is 0. The summed E-state index contributed by atoms with van der Waals surface area (Å²) < 4.78 is 11.1. The fourth-order valence-corrected chi connectivity index (χ4v) is 9.31. The molecule has 0 unspecified atom stereocenters. The molecular formula is C46H69Cl2N7O4. The molecule has 0 N–H and O–H groups in total. The van der Waals surface area contributed by atoms with Gasteiger partial charge in [-0.05, 0) is 123 Å². The largest absolute Gasteiger partial charge is 0.444 e. The minimum atomic E-state index is -0.498. The number of hydrogen-bond donors (Lipinski definition) is 0. The summed E-state index contributed by atoms with van der Waals surface area (Å²) in [4.78, 5) is 38.4. The summed E-state index contributed by atoms with van der Waals surface area (Å²) in [6, 6.07) is 19.2. The van der Waals surface area contributed by atoms with Gasteiger partial charge in [0.25, 0.3) is 0 Å². The number of piperazine rings is 2. The van der Waals surface area contributed by atoms with Gasteiger partial charge in [0.2, 0.25) is 0 Å². The first-order valence-corrected chi connectivity index (χ1v) is 22.3. The van der Waals surface area contributed by atoms with Crippen molar-refractivity contribution in [3.8, 4) is 6.07 Å². The highest BCUT2D eigenvalue weighted by Crippen LogP contribution is 2.34. The van der Waals surface area contributed by atoms with Crippen molar-refractivity contribution in [2.45, 2.75) is 135 Å². The van der Waals surface area contributed by atoms with Crippen LogP contribution >= 0.6 is 23.2 Å². The standard InChI is InChI=1S/C23H33ClN4O2.C23H36ClN3O2/c1-18-15-27(21(29)30-22(2,3)4)13-14-28(18)23(17-25)9-11-26(12-10-23)16-19-5-7-20(24)8-6-19;1-18-16-26(21(28)29-22(2,3)4)14-15-27(18)23(5)10-12-25(13-11-23)17-19-6-8-20(24)9-7-19/h5-8,18H,9-16H2,1-4H3;6-9,18H,10-17H2,1-5H3/t2*18-/m00/s1. The Morgan fingerprint density at radius 1 is 0.644 bits per heavy atom. The Bertz CT molecular complexity index is 1720. The molecule has 0 bridgehead atoms. The molecule has 11 nitrogen and oxygen atoms in total. The molecule has 59 heavy (non-hydrogen) atoms. The van der Waals surface area contributed by atoms with E-state index in [4.69, 9.17) is 32.7 Å². The summed E-state index contributed by atoms with van der Waals surface area (Å²) in [7, 11) is 0. The number of likely N-dealkylation sites (tertiary alicyclic amines) is 2. The van der Waals surface area contributed by atoms with Crippen LogP contribution in [0.5, 0.6) is 0 Å². The predicted molar refractivity (Wildman–Crippen MR) is 237 cm³/mol. The van der Waals surface area contributed by atoms with E-state index in [9.17, 15) is 14.9 Å². The van der Waals surface area contributed by atoms with E-state index in [2.05, 4.69) is 70.7 Å². The van der Waals surface area contributed by atoms with Crippen molar-refractivity contribution in [3.05, 3.63) is 69.7 Å². The Labute approximate surface area is 364 Å². The average Bonchev–Trinajstić information content (AvgIpc) is 3.17. The van der Waals surface area contributed by atoms with Gasteiger partial charge in [0, 0.05) is 106 Å². The predicted octanol–water partition coefficient (Wildman–Crippen LogP) is 8.78. The highest BCUT2D eigenvalue weighted by Gasteiger charge is 2.45. The quantitative estimate of drug-likeness (QED) is 0.283. The molecule has 4 aliphatic heterocycles. The molecule has 4 fully saturated rings. The lowest BCUT2D eigenvalue weighted by Crippen LogP contribution is -2.64. The van der Waals surface area contributed by atoms with Crippen molar-refractivity contribution in [2.24, 2.45) is 0 Å². The molecule has 326 valence electrons. The number of piperidine rings is 2. The van der Waals surface area contributed by atoms with E-state index < -0.39 is 16.7 Å².